The Balaban J connectivity index is 0. The molecule has 14 heavy (non-hydrogen) atoms. The van der Waals surface area contributed by atoms with Crippen molar-refractivity contribution in [1.29, 1.82) is 0 Å². The molecule has 0 aliphatic carbocycles. The van der Waals surface area contributed by atoms with Gasteiger partial charge in [0.15, 0.2) is 12.2 Å². The Bertz CT molecular complexity index is 206. The zero-order valence-electron chi connectivity index (χ0n) is 6.82. The molecule has 0 fully saturated rings. The van der Waals surface area contributed by atoms with Crippen molar-refractivity contribution in [1.82, 2.24) is 0 Å². The molecule has 0 aromatic rings. The number of hydrogen-bond donors (Lipinski definition) is 6. The number of carbonyl (C=O) groups is 3. The first-order valence-corrected chi connectivity index (χ1v) is 3.06. The molecule has 0 radical (unpaired) electrons. The van der Waals surface area contributed by atoms with Crippen molar-refractivity contribution in [3.05, 3.63) is 0 Å². The molecule has 0 spiro atoms. The first kappa shape index (κ1) is 14.6. The Kier molecular flexibility index (Phi) is 6.93. The fourth-order valence-electron chi connectivity index (χ4n) is 0.270. The van der Waals surface area contributed by atoms with Crippen molar-refractivity contribution in [3.8, 4) is 0 Å². The van der Waals surface area contributed by atoms with E-state index in [0.717, 1.165) is 0 Å². The number of carboxylic acids is 2. The van der Waals surface area contributed by atoms with E-state index in [9.17, 15) is 9.59 Å². The number of rotatable bonds is 3. The Morgan fingerprint density at radius 3 is 1.07 bits per heavy atom. The van der Waals surface area contributed by atoms with E-state index in [1.807, 2.05) is 0 Å². The van der Waals surface area contributed by atoms with Crippen LogP contribution in [-0.2, 0) is 9.59 Å². The molecule has 82 valence electrons. The van der Waals surface area contributed by atoms with Gasteiger partial charge in [0.2, 0.25) is 0 Å². The number of carbonyl (C=O) groups excluding carboxylic acids is 1. The first-order valence-electron chi connectivity index (χ1n) is 3.06. The summed E-state index contributed by atoms with van der Waals surface area (Å²) >= 11 is 0. The summed E-state index contributed by atoms with van der Waals surface area (Å²) in [6, 6.07) is -0.833. The maximum atomic E-state index is 9.77. The smallest absolute Gasteiger partial charge is 0.335 e. The van der Waals surface area contributed by atoms with Crippen LogP contribution in [0.1, 0.15) is 0 Å². The lowest BCUT2D eigenvalue weighted by Crippen LogP contribution is -2.39. The lowest BCUT2D eigenvalue weighted by atomic mass is 10.2. The summed E-state index contributed by atoms with van der Waals surface area (Å²) in [5.74, 6) is -3.54. The molecule has 9 nitrogen and oxygen atoms in total. The molecular weight excluding hydrogens is 200 g/mol. The van der Waals surface area contributed by atoms with Crippen LogP contribution in [0.25, 0.3) is 0 Å². The Labute approximate surface area is 77.5 Å². The number of hydrogen-bond acceptors (Lipinski definition) is 5. The molecule has 8 N–H and O–H groups in total. The number of nitrogens with two attached hydrogens (primary N) is 2. The van der Waals surface area contributed by atoms with Gasteiger partial charge in [-0.3, -0.25) is 0 Å². The molecule has 0 bridgehead atoms. The molecule has 0 aliphatic heterocycles. The standard InChI is InChI=1S/C4H6O6.CH4N2O/c5-1(3(7)8)2(6)4(9)10;2-1(3)4/h1-2,5-6H,(H,7,8)(H,9,10);(H4,2,3,4)/t1-,2-;/m1./s1. The second kappa shape index (κ2) is 6.62. The van der Waals surface area contributed by atoms with E-state index in [4.69, 9.17) is 25.2 Å². The van der Waals surface area contributed by atoms with E-state index in [-0.39, 0.29) is 0 Å². The van der Waals surface area contributed by atoms with Gasteiger partial charge in [-0.15, -0.1) is 0 Å². The predicted molar refractivity (Wildman–Crippen MR) is 41.1 cm³/mol. The van der Waals surface area contributed by atoms with Crippen molar-refractivity contribution in [3.63, 3.8) is 0 Å². The topological polar surface area (TPSA) is 184 Å². The van der Waals surface area contributed by atoms with Crippen LogP contribution >= 0.6 is 0 Å². The lowest BCUT2D eigenvalue weighted by Gasteiger charge is -2.07. The van der Waals surface area contributed by atoms with Crippen LogP contribution in [0.4, 0.5) is 4.79 Å². The van der Waals surface area contributed by atoms with Gasteiger partial charge >= 0.3 is 18.0 Å². The van der Waals surface area contributed by atoms with Crippen LogP contribution in [0.15, 0.2) is 0 Å². The first-order chi connectivity index (χ1) is 6.20. The molecule has 9 heteroatoms. The summed E-state index contributed by atoms with van der Waals surface area (Å²) in [5, 5.41) is 32.5. The van der Waals surface area contributed by atoms with Gasteiger partial charge in [-0.05, 0) is 0 Å². The molecule has 0 aromatic heterocycles. The summed E-state index contributed by atoms with van der Waals surface area (Å²) < 4.78 is 0. The average molecular weight is 210 g/mol. The van der Waals surface area contributed by atoms with Gasteiger partial charge in [0.25, 0.3) is 0 Å². The molecule has 2 amide bonds. The highest BCUT2D eigenvalue weighted by molar-refractivity contribution is 5.83. The second-order valence-electron chi connectivity index (χ2n) is 1.97. The highest BCUT2D eigenvalue weighted by Crippen LogP contribution is 1.92. The number of carboxylic acid groups (broad SMARTS) is 2. The maximum Gasteiger partial charge on any atom is 0.335 e. The van der Waals surface area contributed by atoms with Gasteiger partial charge in [-0.1, -0.05) is 0 Å². The highest BCUT2D eigenvalue weighted by atomic mass is 16.4. The summed E-state index contributed by atoms with van der Waals surface area (Å²) in [6.45, 7) is 0. The van der Waals surface area contributed by atoms with E-state index >= 15 is 0 Å². The van der Waals surface area contributed by atoms with Gasteiger partial charge < -0.3 is 31.9 Å². The Hall–Kier alpha value is -1.87. The van der Waals surface area contributed by atoms with E-state index in [1.165, 1.54) is 0 Å². The number of urea groups is 1. The monoisotopic (exact) mass is 210 g/mol. The van der Waals surface area contributed by atoms with Gasteiger partial charge in [-0.25, -0.2) is 14.4 Å². The molecule has 0 saturated carbocycles. The number of aliphatic hydroxyl groups is 2. The van der Waals surface area contributed by atoms with Crippen molar-refractivity contribution in [2.75, 3.05) is 0 Å². The summed E-state index contributed by atoms with van der Waals surface area (Å²) in [5.41, 5.74) is 8.50. The van der Waals surface area contributed by atoms with Gasteiger partial charge in [0, 0.05) is 0 Å². The van der Waals surface area contributed by atoms with Crippen LogP contribution in [-0.4, -0.2) is 50.6 Å². The molecular formula is C5H10N2O7. The number of aliphatic carboxylic acids is 2. The quantitative estimate of drug-likeness (QED) is 0.284. The average Bonchev–Trinajstić information content (AvgIpc) is 2.00. The van der Waals surface area contributed by atoms with Crippen molar-refractivity contribution in [2.24, 2.45) is 11.5 Å². The van der Waals surface area contributed by atoms with Gasteiger partial charge in [0.05, 0.1) is 0 Å². The van der Waals surface area contributed by atoms with Crippen LogP contribution in [0.2, 0.25) is 0 Å². The molecule has 0 saturated heterocycles. The minimum atomic E-state index is -2.27. The highest BCUT2D eigenvalue weighted by Gasteiger charge is 2.29. The third kappa shape index (κ3) is 8.23. The van der Waals surface area contributed by atoms with Crippen molar-refractivity contribution < 1.29 is 34.8 Å². The van der Waals surface area contributed by atoms with E-state index in [0.29, 0.717) is 0 Å². The lowest BCUT2D eigenvalue weighted by molar-refractivity contribution is -0.165. The SMILES string of the molecule is NC(N)=O.O=C(O)[C@H](O)[C@@H](O)C(=O)O. The summed E-state index contributed by atoms with van der Waals surface area (Å²) in [6.07, 6.45) is -4.53. The number of amides is 2. The minimum Gasteiger partial charge on any atom is -0.479 e. The molecule has 2 atom stereocenters. The van der Waals surface area contributed by atoms with Crippen LogP contribution in [0, 0.1) is 0 Å². The predicted octanol–water partition coefficient (Wildman–Crippen LogP) is -3.10. The summed E-state index contributed by atoms with van der Waals surface area (Å²) in [4.78, 5) is 28.5. The Morgan fingerprint density at radius 1 is 0.857 bits per heavy atom. The van der Waals surface area contributed by atoms with Crippen LogP contribution in [0.3, 0.4) is 0 Å². The Morgan fingerprint density at radius 2 is 1.00 bits per heavy atom. The zero-order chi connectivity index (χ0) is 11.9. The van der Waals surface area contributed by atoms with Crippen molar-refractivity contribution in [2.45, 2.75) is 12.2 Å². The van der Waals surface area contributed by atoms with E-state index < -0.39 is 30.2 Å². The largest absolute Gasteiger partial charge is 0.479 e. The number of primary amides is 2. The minimum absolute atomic E-state index is 0.833. The fraction of sp³-hybridized carbons (Fsp3) is 0.400. The summed E-state index contributed by atoms with van der Waals surface area (Å²) in [7, 11) is 0. The third-order valence-corrected chi connectivity index (χ3v) is 0.805. The molecule has 0 unspecified atom stereocenters. The molecule has 0 rings (SSSR count). The second-order valence-corrected chi connectivity index (χ2v) is 1.97. The third-order valence-electron chi connectivity index (χ3n) is 0.805. The molecule has 0 heterocycles. The molecule has 0 aliphatic rings. The fourth-order valence-corrected chi connectivity index (χ4v) is 0.270. The van der Waals surface area contributed by atoms with Crippen molar-refractivity contribution >= 4 is 18.0 Å². The zero-order valence-corrected chi connectivity index (χ0v) is 6.82. The molecule has 0 aromatic carbocycles. The number of aliphatic hydroxyl groups excluding tert-OH is 2. The maximum absolute atomic E-state index is 9.77. The van der Waals surface area contributed by atoms with Crippen LogP contribution < -0.4 is 11.5 Å². The van der Waals surface area contributed by atoms with Gasteiger partial charge in [0.1, 0.15) is 0 Å². The van der Waals surface area contributed by atoms with Gasteiger partial charge in [-0.2, -0.15) is 0 Å². The van der Waals surface area contributed by atoms with E-state index in [2.05, 4.69) is 11.5 Å². The van der Waals surface area contributed by atoms with Crippen LogP contribution in [0.5, 0.6) is 0 Å². The van der Waals surface area contributed by atoms with E-state index in [1.54, 1.807) is 0 Å². The normalized spacial score (nSPS) is 13.0.